The van der Waals surface area contributed by atoms with Gasteiger partial charge in [0.25, 0.3) is 0 Å². The fourth-order valence-corrected chi connectivity index (χ4v) is 2.60. The highest BCUT2D eigenvalue weighted by Crippen LogP contribution is 2.36. The van der Waals surface area contributed by atoms with E-state index < -0.39 is 12.0 Å². The lowest BCUT2D eigenvalue weighted by Crippen LogP contribution is -2.45. The van der Waals surface area contributed by atoms with Crippen LogP contribution in [0.2, 0.25) is 0 Å². The highest BCUT2D eigenvalue weighted by Gasteiger charge is 2.33. The Labute approximate surface area is 139 Å². The number of urea groups is 1. The highest BCUT2D eigenvalue weighted by atomic mass is 16.7. The second-order valence-electron chi connectivity index (χ2n) is 5.35. The summed E-state index contributed by atoms with van der Waals surface area (Å²) in [5, 5.41) is 5.36. The molecule has 0 bridgehead atoms. The molecule has 24 heavy (non-hydrogen) atoms. The van der Waals surface area contributed by atoms with Crippen molar-refractivity contribution in [2.75, 3.05) is 13.4 Å². The van der Waals surface area contributed by atoms with E-state index in [1.807, 2.05) is 6.92 Å². The first-order valence-corrected chi connectivity index (χ1v) is 7.56. The average molecular weight is 330 g/mol. The number of allylic oxidation sites excluding steroid dienone is 2. The maximum Gasteiger partial charge on any atom is 0.338 e. The molecule has 2 N–H and O–H groups in total. The van der Waals surface area contributed by atoms with Crippen molar-refractivity contribution in [1.29, 1.82) is 0 Å². The number of esters is 1. The first-order valence-electron chi connectivity index (χ1n) is 7.56. The second kappa shape index (κ2) is 6.66. The Morgan fingerprint density at radius 3 is 2.96 bits per heavy atom. The number of rotatable bonds is 4. The number of carbonyl (C=O) groups is 2. The molecule has 0 aromatic heterocycles. The topological polar surface area (TPSA) is 85.9 Å². The van der Waals surface area contributed by atoms with Crippen LogP contribution < -0.4 is 20.1 Å². The number of hydrogen-bond donors (Lipinski definition) is 2. The van der Waals surface area contributed by atoms with Crippen LogP contribution in [0.3, 0.4) is 0 Å². The Balaban J connectivity index is 1.92. The third kappa shape index (κ3) is 3.05. The molecule has 1 aromatic carbocycles. The van der Waals surface area contributed by atoms with E-state index in [0.717, 1.165) is 0 Å². The van der Waals surface area contributed by atoms with Gasteiger partial charge in [0.2, 0.25) is 6.79 Å². The van der Waals surface area contributed by atoms with Crippen LogP contribution in [0.4, 0.5) is 4.79 Å². The zero-order valence-corrected chi connectivity index (χ0v) is 13.4. The molecular weight excluding hydrogens is 312 g/mol. The summed E-state index contributed by atoms with van der Waals surface area (Å²) < 4.78 is 15.9. The molecule has 0 spiro atoms. The molecule has 0 saturated heterocycles. The minimum absolute atomic E-state index is 0.157. The van der Waals surface area contributed by atoms with Gasteiger partial charge in [-0.1, -0.05) is 18.2 Å². The standard InChI is InChI=1S/C17H18N2O5/c1-3-4-7-22-16(20)14-10(2)18-17(21)19-15(14)11-5-6-12-13(8-11)24-9-23-12/h3-6,8,15H,7,9H2,1-2H3,(H2,18,19,21)/b4-3-/t15-/m0/s1. The monoisotopic (exact) mass is 330 g/mol. The minimum Gasteiger partial charge on any atom is -0.458 e. The zero-order chi connectivity index (χ0) is 17.1. The quantitative estimate of drug-likeness (QED) is 0.653. The fourth-order valence-electron chi connectivity index (χ4n) is 2.60. The first-order chi connectivity index (χ1) is 11.6. The summed E-state index contributed by atoms with van der Waals surface area (Å²) in [5.41, 5.74) is 1.54. The van der Waals surface area contributed by atoms with Gasteiger partial charge in [0.1, 0.15) is 6.61 Å². The number of hydrogen-bond acceptors (Lipinski definition) is 5. The smallest absolute Gasteiger partial charge is 0.338 e. The van der Waals surface area contributed by atoms with Crippen molar-refractivity contribution >= 4 is 12.0 Å². The van der Waals surface area contributed by atoms with Crippen LogP contribution in [-0.4, -0.2) is 25.4 Å². The molecule has 2 aliphatic rings. The number of benzene rings is 1. The van der Waals surface area contributed by atoms with Crippen LogP contribution in [0.15, 0.2) is 41.6 Å². The largest absolute Gasteiger partial charge is 0.458 e. The Morgan fingerprint density at radius 1 is 1.38 bits per heavy atom. The van der Waals surface area contributed by atoms with E-state index in [-0.39, 0.29) is 19.4 Å². The lowest BCUT2D eigenvalue weighted by molar-refractivity contribution is -0.138. The molecule has 0 radical (unpaired) electrons. The van der Waals surface area contributed by atoms with Crippen molar-refractivity contribution < 1.29 is 23.8 Å². The Hall–Kier alpha value is -2.96. The van der Waals surface area contributed by atoms with Crippen LogP contribution in [0, 0.1) is 0 Å². The Morgan fingerprint density at radius 2 is 2.17 bits per heavy atom. The molecule has 126 valence electrons. The SMILES string of the molecule is C/C=C\COC(=O)C1=C(C)NC(=O)N[C@H]1c1ccc2c(c1)OCO2. The van der Waals surface area contributed by atoms with Gasteiger partial charge < -0.3 is 24.8 Å². The Bertz CT molecular complexity index is 738. The number of carbonyl (C=O) groups excluding carboxylic acids is 2. The summed E-state index contributed by atoms with van der Waals surface area (Å²) >= 11 is 0. The highest BCUT2D eigenvalue weighted by molar-refractivity contribution is 5.95. The van der Waals surface area contributed by atoms with E-state index in [1.165, 1.54) is 0 Å². The van der Waals surface area contributed by atoms with Gasteiger partial charge in [-0.2, -0.15) is 0 Å². The normalized spacial score (nSPS) is 19.2. The summed E-state index contributed by atoms with van der Waals surface area (Å²) in [6.45, 7) is 3.85. The van der Waals surface area contributed by atoms with Crippen molar-refractivity contribution in [3.63, 3.8) is 0 Å². The van der Waals surface area contributed by atoms with Gasteiger partial charge in [0.05, 0.1) is 11.6 Å². The van der Waals surface area contributed by atoms with Crippen molar-refractivity contribution in [2.24, 2.45) is 0 Å². The first kappa shape index (κ1) is 15.9. The molecule has 2 heterocycles. The molecule has 3 rings (SSSR count). The predicted molar refractivity (Wildman–Crippen MR) is 85.4 cm³/mol. The molecular formula is C17H18N2O5. The van der Waals surface area contributed by atoms with Crippen molar-refractivity contribution in [3.05, 3.63) is 47.2 Å². The molecule has 2 amide bonds. The summed E-state index contributed by atoms with van der Waals surface area (Å²) in [5.74, 6) is 0.734. The molecule has 7 nitrogen and oxygen atoms in total. The van der Waals surface area contributed by atoms with Gasteiger partial charge in [-0.3, -0.25) is 0 Å². The summed E-state index contributed by atoms with van der Waals surface area (Å²) in [6, 6.07) is 4.30. The van der Waals surface area contributed by atoms with Gasteiger partial charge in [-0.05, 0) is 31.5 Å². The van der Waals surface area contributed by atoms with E-state index in [0.29, 0.717) is 28.3 Å². The molecule has 7 heteroatoms. The van der Waals surface area contributed by atoms with Crippen molar-refractivity contribution in [2.45, 2.75) is 19.9 Å². The number of fused-ring (bicyclic) bond motifs is 1. The average Bonchev–Trinajstić information content (AvgIpc) is 3.01. The van der Waals surface area contributed by atoms with Crippen molar-refractivity contribution in [3.8, 4) is 11.5 Å². The maximum absolute atomic E-state index is 12.4. The minimum atomic E-state index is -0.619. The van der Waals surface area contributed by atoms with Gasteiger partial charge in [-0.25, -0.2) is 9.59 Å². The summed E-state index contributed by atoms with van der Waals surface area (Å²) in [6.07, 6.45) is 3.53. The van der Waals surface area contributed by atoms with Gasteiger partial charge >= 0.3 is 12.0 Å². The number of amides is 2. The molecule has 1 aromatic rings. The number of nitrogens with one attached hydrogen (secondary N) is 2. The van der Waals surface area contributed by atoms with Crippen LogP contribution in [0.1, 0.15) is 25.5 Å². The summed E-state index contributed by atoms with van der Waals surface area (Å²) in [7, 11) is 0. The maximum atomic E-state index is 12.4. The van der Waals surface area contributed by atoms with Crippen LogP contribution in [0.5, 0.6) is 11.5 Å². The summed E-state index contributed by atoms with van der Waals surface area (Å²) in [4.78, 5) is 24.3. The second-order valence-corrected chi connectivity index (χ2v) is 5.35. The third-order valence-corrected chi connectivity index (χ3v) is 3.77. The third-order valence-electron chi connectivity index (χ3n) is 3.77. The fraction of sp³-hybridized carbons (Fsp3) is 0.294. The lowest BCUT2D eigenvalue weighted by Gasteiger charge is -2.28. The molecule has 0 aliphatic carbocycles. The van der Waals surface area contributed by atoms with E-state index in [9.17, 15) is 9.59 Å². The van der Waals surface area contributed by atoms with Crippen LogP contribution >= 0.6 is 0 Å². The molecule has 0 unspecified atom stereocenters. The van der Waals surface area contributed by atoms with Crippen LogP contribution in [0.25, 0.3) is 0 Å². The number of ether oxygens (including phenoxy) is 3. The lowest BCUT2D eigenvalue weighted by atomic mass is 9.95. The van der Waals surface area contributed by atoms with Gasteiger partial charge in [0.15, 0.2) is 11.5 Å². The Kier molecular flexibility index (Phi) is 4.41. The van der Waals surface area contributed by atoms with Gasteiger partial charge in [0, 0.05) is 5.70 Å². The van der Waals surface area contributed by atoms with E-state index in [4.69, 9.17) is 14.2 Å². The predicted octanol–water partition coefficient (Wildman–Crippen LogP) is 2.16. The van der Waals surface area contributed by atoms with E-state index in [2.05, 4.69) is 10.6 Å². The zero-order valence-electron chi connectivity index (χ0n) is 13.4. The van der Waals surface area contributed by atoms with Crippen LogP contribution in [-0.2, 0) is 9.53 Å². The molecule has 1 atom stereocenters. The van der Waals surface area contributed by atoms with Crippen molar-refractivity contribution in [1.82, 2.24) is 10.6 Å². The molecule has 0 saturated carbocycles. The van der Waals surface area contributed by atoms with Gasteiger partial charge in [-0.15, -0.1) is 0 Å². The van der Waals surface area contributed by atoms with E-state index >= 15 is 0 Å². The van der Waals surface area contributed by atoms with E-state index in [1.54, 1.807) is 37.3 Å². The molecule has 0 fully saturated rings. The molecule has 2 aliphatic heterocycles.